The third-order valence-electron chi connectivity index (χ3n) is 8.63. The SMILES string of the molecule is Cc1ncn(C)c1C(=O)N[C@@H]1CC[C@@]2(S(=O)(=O)c3ccc(F)cc3)c3ccc(C(F)(C(F)(F)F)C(F)(F)F)cc3CC[C@@H]12. The van der Waals surface area contributed by atoms with Crippen LogP contribution in [0.1, 0.15) is 52.1 Å². The van der Waals surface area contributed by atoms with E-state index in [2.05, 4.69) is 10.3 Å². The van der Waals surface area contributed by atoms with Crippen molar-refractivity contribution in [1.29, 1.82) is 0 Å². The number of benzene rings is 2. The second-order valence-electron chi connectivity index (χ2n) is 10.9. The van der Waals surface area contributed by atoms with E-state index in [9.17, 15) is 48.3 Å². The van der Waals surface area contributed by atoms with Crippen LogP contribution >= 0.6 is 0 Å². The quantitative estimate of drug-likeness (QED) is 0.276. The summed E-state index contributed by atoms with van der Waals surface area (Å²) in [5.41, 5.74) is -7.05. The first-order chi connectivity index (χ1) is 19.9. The molecule has 1 fully saturated rings. The standard InChI is InChI=1S/C28H25F8N3O3S/c1-15-23(39(2)14-37-15)24(40)38-22-11-12-25(43(41,42)19-7-5-18(29)6-8-19)20-10-4-17(13-16(20)3-9-21(22)25)26(30,27(31,32)33)28(34,35)36/h4-8,10,13-14,21-22H,3,9,11-12H2,1-2H3,(H,38,40)/t21-,22+,25+/m0/s1. The van der Waals surface area contributed by atoms with Gasteiger partial charge < -0.3 is 9.88 Å². The summed E-state index contributed by atoms with van der Waals surface area (Å²) in [7, 11) is -2.92. The van der Waals surface area contributed by atoms with Crippen molar-refractivity contribution in [3.8, 4) is 0 Å². The molecule has 1 aromatic heterocycles. The van der Waals surface area contributed by atoms with Gasteiger partial charge in [-0.25, -0.2) is 22.2 Å². The Labute approximate surface area is 241 Å². The first-order valence-electron chi connectivity index (χ1n) is 13.1. The molecule has 2 aliphatic carbocycles. The van der Waals surface area contributed by atoms with Gasteiger partial charge in [0.05, 0.1) is 16.9 Å². The first kappa shape index (κ1) is 31.0. The van der Waals surface area contributed by atoms with Crippen LogP contribution in [-0.4, -0.2) is 42.3 Å². The Bertz CT molecular complexity index is 1650. The van der Waals surface area contributed by atoms with Crippen LogP contribution in [0.15, 0.2) is 53.7 Å². The molecule has 0 unspecified atom stereocenters. The summed E-state index contributed by atoms with van der Waals surface area (Å²) >= 11 is 0. The van der Waals surface area contributed by atoms with Crippen LogP contribution in [0.3, 0.4) is 0 Å². The Morgan fingerprint density at radius 1 is 1.00 bits per heavy atom. The van der Waals surface area contributed by atoms with E-state index in [0.717, 1.165) is 30.3 Å². The van der Waals surface area contributed by atoms with Gasteiger partial charge in [-0.2, -0.15) is 26.3 Å². The van der Waals surface area contributed by atoms with Crippen molar-refractivity contribution in [2.75, 3.05) is 0 Å². The molecule has 6 nitrogen and oxygen atoms in total. The minimum Gasteiger partial charge on any atom is -0.348 e. The third kappa shape index (κ3) is 4.52. The van der Waals surface area contributed by atoms with E-state index in [-0.39, 0.29) is 47.4 Å². The first-order valence-corrected chi connectivity index (χ1v) is 14.6. The number of halogens is 8. The lowest BCUT2D eigenvalue weighted by atomic mass is 9.74. The molecular weight excluding hydrogens is 610 g/mol. The number of imidazole rings is 1. The van der Waals surface area contributed by atoms with Crippen molar-refractivity contribution in [2.45, 2.75) is 66.3 Å². The van der Waals surface area contributed by atoms with Crippen molar-refractivity contribution in [2.24, 2.45) is 13.0 Å². The van der Waals surface area contributed by atoms with Gasteiger partial charge in [-0.05, 0) is 68.0 Å². The maximum Gasteiger partial charge on any atom is 0.435 e. The van der Waals surface area contributed by atoms with E-state index in [4.69, 9.17) is 0 Å². The number of hydrogen-bond acceptors (Lipinski definition) is 4. The topological polar surface area (TPSA) is 81.1 Å². The fourth-order valence-electron chi connectivity index (χ4n) is 6.66. The lowest BCUT2D eigenvalue weighted by Gasteiger charge is -2.43. The number of fused-ring (bicyclic) bond motifs is 3. The highest BCUT2D eigenvalue weighted by atomic mass is 32.2. The molecule has 5 rings (SSSR count). The van der Waals surface area contributed by atoms with Crippen LogP contribution < -0.4 is 5.32 Å². The Morgan fingerprint density at radius 2 is 1.63 bits per heavy atom. The molecule has 0 radical (unpaired) electrons. The fourth-order valence-corrected chi connectivity index (χ4v) is 9.13. The summed E-state index contributed by atoms with van der Waals surface area (Å²) in [5.74, 6) is -2.15. The van der Waals surface area contributed by atoms with Crippen LogP contribution in [0, 0.1) is 18.7 Å². The monoisotopic (exact) mass is 635 g/mol. The van der Waals surface area contributed by atoms with Gasteiger partial charge in [-0.15, -0.1) is 0 Å². The van der Waals surface area contributed by atoms with Crippen LogP contribution in [-0.2, 0) is 33.7 Å². The molecule has 0 aliphatic heterocycles. The van der Waals surface area contributed by atoms with Crippen LogP contribution in [0.4, 0.5) is 35.1 Å². The second kappa shape index (κ2) is 10.0. The molecular formula is C28H25F8N3O3S. The number of amides is 1. The molecule has 2 aromatic carbocycles. The highest BCUT2D eigenvalue weighted by molar-refractivity contribution is 7.92. The minimum absolute atomic E-state index is 0.0660. The van der Waals surface area contributed by atoms with Crippen molar-refractivity contribution in [1.82, 2.24) is 14.9 Å². The van der Waals surface area contributed by atoms with Gasteiger partial charge >= 0.3 is 18.0 Å². The zero-order chi connectivity index (χ0) is 31.8. The van der Waals surface area contributed by atoms with E-state index in [1.165, 1.54) is 10.9 Å². The summed E-state index contributed by atoms with van der Waals surface area (Å²) in [5, 5.41) is 2.84. The number of hydrogen-bond donors (Lipinski definition) is 1. The lowest BCUT2D eigenvalue weighted by molar-refractivity contribution is -0.348. The Morgan fingerprint density at radius 3 is 2.19 bits per heavy atom. The van der Waals surface area contributed by atoms with Gasteiger partial charge in [0.15, 0.2) is 9.84 Å². The summed E-state index contributed by atoms with van der Waals surface area (Å²) < 4.78 is 138. The van der Waals surface area contributed by atoms with Crippen LogP contribution in [0.5, 0.6) is 0 Å². The zero-order valence-electron chi connectivity index (χ0n) is 22.7. The van der Waals surface area contributed by atoms with E-state index in [1.54, 1.807) is 14.0 Å². The largest absolute Gasteiger partial charge is 0.435 e. The fraction of sp³-hybridized carbons (Fsp3) is 0.429. The molecule has 43 heavy (non-hydrogen) atoms. The average molecular weight is 636 g/mol. The summed E-state index contributed by atoms with van der Waals surface area (Å²) in [4.78, 5) is 17.0. The molecule has 0 bridgehead atoms. The molecule has 1 amide bonds. The van der Waals surface area contributed by atoms with E-state index in [0.29, 0.717) is 17.8 Å². The van der Waals surface area contributed by atoms with Gasteiger partial charge in [-0.3, -0.25) is 4.79 Å². The van der Waals surface area contributed by atoms with Crippen LogP contribution in [0.25, 0.3) is 0 Å². The normalized spacial score (nSPS) is 22.7. The number of nitrogens with zero attached hydrogens (tertiary/aromatic N) is 2. The molecule has 0 spiro atoms. The third-order valence-corrected chi connectivity index (χ3v) is 11.2. The number of carbonyl (C=O) groups excluding carboxylic acids is 1. The van der Waals surface area contributed by atoms with Gasteiger partial charge in [0.1, 0.15) is 16.3 Å². The highest BCUT2D eigenvalue weighted by Gasteiger charge is 2.73. The number of nitrogens with one attached hydrogen (secondary N) is 1. The molecule has 3 aromatic rings. The van der Waals surface area contributed by atoms with Crippen molar-refractivity contribution in [3.63, 3.8) is 0 Å². The van der Waals surface area contributed by atoms with Gasteiger partial charge in [0.2, 0.25) is 0 Å². The highest BCUT2D eigenvalue weighted by Crippen LogP contribution is 2.59. The maximum absolute atomic E-state index is 15.0. The predicted molar refractivity (Wildman–Crippen MR) is 137 cm³/mol. The Hall–Kier alpha value is -3.49. The molecule has 1 heterocycles. The van der Waals surface area contributed by atoms with Gasteiger partial charge in [-0.1, -0.05) is 18.2 Å². The molecule has 1 saturated carbocycles. The second-order valence-corrected chi connectivity index (χ2v) is 13.1. The van der Waals surface area contributed by atoms with E-state index < -0.39 is 61.9 Å². The van der Waals surface area contributed by atoms with Crippen LogP contribution in [0.2, 0.25) is 0 Å². The number of rotatable bonds is 5. The number of alkyl halides is 7. The smallest absolute Gasteiger partial charge is 0.348 e. The predicted octanol–water partition coefficient (Wildman–Crippen LogP) is 5.98. The summed E-state index contributed by atoms with van der Waals surface area (Å²) in [6.45, 7) is 1.61. The zero-order valence-corrected chi connectivity index (χ0v) is 23.5. The summed E-state index contributed by atoms with van der Waals surface area (Å²) in [6.07, 6.45) is -11.6. The van der Waals surface area contributed by atoms with Crippen molar-refractivity contribution < 1.29 is 48.3 Å². The number of carbonyl (C=O) groups is 1. The number of aromatic nitrogens is 2. The summed E-state index contributed by atoms with van der Waals surface area (Å²) in [6, 6.07) is 4.64. The lowest BCUT2D eigenvalue weighted by Crippen LogP contribution is -2.51. The van der Waals surface area contributed by atoms with Gasteiger partial charge in [0.25, 0.3) is 5.91 Å². The van der Waals surface area contributed by atoms with E-state index in [1.807, 2.05) is 0 Å². The van der Waals surface area contributed by atoms with E-state index >= 15 is 0 Å². The molecule has 3 atom stereocenters. The molecule has 0 saturated heterocycles. The molecule has 15 heteroatoms. The maximum atomic E-state index is 15.0. The van der Waals surface area contributed by atoms with Gasteiger partial charge in [0, 0.05) is 24.6 Å². The molecule has 1 N–H and O–H groups in total. The minimum atomic E-state index is -6.35. The average Bonchev–Trinajstić information content (AvgIpc) is 3.46. The van der Waals surface area contributed by atoms with Crippen molar-refractivity contribution >= 4 is 15.7 Å². The van der Waals surface area contributed by atoms with Crippen molar-refractivity contribution in [3.05, 3.63) is 82.7 Å². The Balaban J connectivity index is 1.66. The number of sulfone groups is 1. The molecule has 232 valence electrons. The Kier molecular flexibility index (Phi) is 7.22. The number of aryl methyl sites for hydroxylation is 3. The molecule has 2 aliphatic rings.